The monoisotopic (exact) mass is 391 g/mol. The van der Waals surface area contributed by atoms with Crippen LogP contribution in [0.5, 0.6) is 0 Å². The Morgan fingerprint density at radius 3 is 2.67 bits per heavy atom. The average molecular weight is 392 g/mol. The number of hydrogen-bond donors (Lipinski definition) is 0. The first-order chi connectivity index (χ1) is 11.6. The Labute approximate surface area is 149 Å². The molecular weight excluding hydrogens is 373 g/mol. The van der Waals surface area contributed by atoms with Crippen LogP contribution in [0.1, 0.15) is 28.8 Å². The molecule has 1 heterocycles. The largest absolute Gasteiger partial charge is 0.376 e. The summed E-state index contributed by atoms with van der Waals surface area (Å²) in [4.78, 5) is 14.7. The predicted molar refractivity (Wildman–Crippen MR) is 94.3 cm³/mol. The van der Waals surface area contributed by atoms with Crippen LogP contribution in [-0.2, 0) is 11.3 Å². The van der Waals surface area contributed by atoms with E-state index in [4.69, 9.17) is 4.74 Å². The molecule has 2 aromatic rings. The summed E-state index contributed by atoms with van der Waals surface area (Å²) in [5.41, 5.74) is 1.09. The van der Waals surface area contributed by atoms with Crippen molar-refractivity contribution in [2.24, 2.45) is 0 Å². The zero-order chi connectivity index (χ0) is 16.9. The van der Waals surface area contributed by atoms with Gasteiger partial charge < -0.3 is 9.64 Å². The maximum atomic E-state index is 14.0. The van der Waals surface area contributed by atoms with E-state index in [-0.39, 0.29) is 24.4 Å². The number of rotatable bonds is 5. The van der Waals surface area contributed by atoms with Crippen LogP contribution in [0.3, 0.4) is 0 Å². The lowest BCUT2D eigenvalue weighted by atomic mass is 10.1. The summed E-state index contributed by atoms with van der Waals surface area (Å²) in [6.45, 7) is 1.42. The van der Waals surface area contributed by atoms with Gasteiger partial charge in [-0.2, -0.15) is 0 Å². The summed E-state index contributed by atoms with van der Waals surface area (Å²) in [5.74, 6) is -0.420. The van der Waals surface area contributed by atoms with Gasteiger partial charge in [0.15, 0.2) is 0 Å². The molecule has 1 aliphatic heterocycles. The highest BCUT2D eigenvalue weighted by Crippen LogP contribution is 2.22. The third-order valence-corrected chi connectivity index (χ3v) is 4.85. The van der Waals surface area contributed by atoms with Crippen molar-refractivity contribution in [1.29, 1.82) is 0 Å². The van der Waals surface area contributed by atoms with Gasteiger partial charge in [0, 0.05) is 29.7 Å². The maximum absolute atomic E-state index is 14.0. The SMILES string of the molecule is O=C(c1ccccc1Br)N(Cc1ccccc1F)CC1CCCO1. The second-order valence-corrected chi connectivity index (χ2v) is 6.75. The number of benzene rings is 2. The number of hydrogen-bond acceptors (Lipinski definition) is 2. The fourth-order valence-electron chi connectivity index (χ4n) is 2.89. The zero-order valence-electron chi connectivity index (χ0n) is 13.3. The molecule has 1 amide bonds. The summed E-state index contributed by atoms with van der Waals surface area (Å²) in [6, 6.07) is 13.9. The van der Waals surface area contributed by atoms with Crippen LogP contribution < -0.4 is 0 Å². The van der Waals surface area contributed by atoms with Crippen molar-refractivity contribution in [1.82, 2.24) is 4.90 Å². The molecule has 24 heavy (non-hydrogen) atoms. The molecule has 0 bridgehead atoms. The smallest absolute Gasteiger partial charge is 0.255 e. The van der Waals surface area contributed by atoms with Gasteiger partial charge in [0.1, 0.15) is 5.82 Å². The average Bonchev–Trinajstić information content (AvgIpc) is 3.09. The summed E-state index contributed by atoms with van der Waals surface area (Å²) >= 11 is 3.42. The molecule has 0 spiro atoms. The van der Waals surface area contributed by atoms with Crippen molar-refractivity contribution in [3.63, 3.8) is 0 Å². The number of nitrogens with zero attached hydrogens (tertiary/aromatic N) is 1. The number of carbonyl (C=O) groups is 1. The van der Waals surface area contributed by atoms with Crippen molar-refractivity contribution < 1.29 is 13.9 Å². The third kappa shape index (κ3) is 4.02. The van der Waals surface area contributed by atoms with Gasteiger partial charge in [0.05, 0.1) is 11.7 Å². The lowest BCUT2D eigenvalue weighted by Crippen LogP contribution is -2.37. The van der Waals surface area contributed by atoms with Gasteiger partial charge in [-0.1, -0.05) is 30.3 Å². The molecule has 2 aromatic carbocycles. The van der Waals surface area contributed by atoms with Gasteiger partial charge >= 0.3 is 0 Å². The first kappa shape index (κ1) is 17.1. The number of ether oxygens (including phenoxy) is 1. The summed E-state index contributed by atoms with van der Waals surface area (Å²) in [6.07, 6.45) is 1.95. The van der Waals surface area contributed by atoms with E-state index in [1.807, 2.05) is 18.2 Å². The Hall–Kier alpha value is -1.72. The molecule has 3 rings (SSSR count). The van der Waals surface area contributed by atoms with Gasteiger partial charge in [-0.3, -0.25) is 4.79 Å². The highest BCUT2D eigenvalue weighted by molar-refractivity contribution is 9.10. The van der Waals surface area contributed by atoms with Crippen LogP contribution in [0.4, 0.5) is 4.39 Å². The van der Waals surface area contributed by atoms with E-state index >= 15 is 0 Å². The molecule has 126 valence electrons. The number of carbonyl (C=O) groups excluding carboxylic acids is 1. The van der Waals surface area contributed by atoms with Gasteiger partial charge in [0.25, 0.3) is 5.91 Å². The molecule has 0 saturated carbocycles. The van der Waals surface area contributed by atoms with Crippen LogP contribution >= 0.6 is 15.9 Å². The van der Waals surface area contributed by atoms with Crippen molar-refractivity contribution in [2.45, 2.75) is 25.5 Å². The van der Waals surface area contributed by atoms with Gasteiger partial charge in [0.2, 0.25) is 0 Å². The van der Waals surface area contributed by atoms with Gasteiger partial charge in [-0.15, -0.1) is 0 Å². The van der Waals surface area contributed by atoms with Crippen molar-refractivity contribution in [2.75, 3.05) is 13.2 Å². The van der Waals surface area contributed by atoms with Gasteiger partial charge in [-0.25, -0.2) is 4.39 Å². The van der Waals surface area contributed by atoms with Gasteiger partial charge in [-0.05, 0) is 47.0 Å². The third-order valence-electron chi connectivity index (χ3n) is 4.16. The van der Waals surface area contributed by atoms with E-state index in [2.05, 4.69) is 15.9 Å². The first-order valence-corrected chi connectivity index (χ1v) is 8.83. The van der Waals surface area contributed by atoms with Crippen LogP contribution in [0.15, 0.2) is 53.0 Å². The number of halogens is 2. The molecule has 0 radical (unpaired) electrons. The lowest BCUT2D eigenvalue weighted by Gasteiger charge is -2.26. The van der Waals surface area contributed by atoms with Crippen molar-refractivity contribution in [3.8, 4) is 0 Å². The van der Waals surface area contributed by atoms with E-state index in [0.29, 0.717) is 17.7 Å². The highest BCUT2D eigenvalue weighted by atomic mass is 79.9. The Balaban J connectivity index is 1.85. The minimum absolute atomic E-state index is 0.0169. The Morgan fingerprint density at radius 2 is 1.96 bits per heavy atom. The standard InChI is InChI=1S/C19H19BrFNO2/c20-17-9-3-2-8-16(17)19(23)22(13-15-7-5-11-24-15)12-14-6-1-4-10-18(14)21/h1-4,6,8-10,15H,5,7,11-13H2. The minimum atomic E-state index is -0.297. The summed E-state index contributed by atoms with van der Waals surface area (Å²) < 4.78 is 20.4. The second kappa shape index (κ2) is 7.90. The topological polar surface area (TPSA) is 29.5 Å². The second-order valence-electron chi connectivity index (χ2n) is 5.89. The molecular formula is C19H19BrFNO2. The molecule has 0 N–H and O–H groups in total. The Kier molecular flexibility index (Phi) is 5.63. The highest BCUT2D eigenvalue weighted by Gasteiger charge is 2.25. The van der Waals surface area contributed by atoms with Crippen molar-refractivity contribution in [3.05, 3.63) is 69.9 Å². The maximum Gasteiger partial charge on any atom is 0.255 e. The quantitative estimate of drug-likeness (QED) is 0.755. The van der Waals surface area contributed by atoms with Crippen LogP contribution in [-0.4, -0.2) is 30.1 Å². The molecule has 1 fully saturated rings. The number of amides is 1. The van der Waals surface area contributed by atoms with Crippen LogP contribution in [0.25, 0.3) is 0 Å². The fraction of sp³-hybridized carbons (Fsp3) is 0.316. The zero-order valence-corrected chi connectivity index (χ0v) is 14.8. The summed E-state index contributed by atoms with van der Waals surface area (Å²) in [5, 5.41) is 0. The van der Waals surface area contributed by atoms with Crippen molar-refractivity contribution >= 4 is 21.8 Å². The molecule has 1 atom stereocenters. The van der Waals surface area contributed by atoms with E-state index in [0.717, 1.165) is 23.9 Å². The Morgan fingerprint density at radius 1 is 1.21 bits per heavy atom. The minimum Gasteiger partial charge on any atom is -0.376 e. The lowest BCUT2D eigenvalue weighted by molar-refractivity contribution is 0.0504. The summed E-state index contributed by atoms with van der Waals surface area (Å²) in [7, 11) is 0. The first-order valence-electron chi connectivity index (χ1n) is 8.04. The fourth-order valence-corrected chi connectivity index (χ4v) is 3.35. The molecule has 0 aromatic heterocycles. The van der Waals surface area contributed by atoms with E-state index in [9.17, 15) is 9.18 Å². The molecule has 1 saturated heterocycles. The molecule has 1 aliphatic rings. The molecule has 1 unspecified atom stereocenters. The molecule has 5 heteroatoms. The predicted octanol–water partition coefficient (Wildman–Crippen LogP) is 4.41. The normalized spacial score (nSPS) is 17.0. The van der Waals surface area contributed by atoms with Crippen LogP contribution in [0.2, 0.25) is 0 Å². The van der Waals surface area contributed by atoms with E-state index < -0.39 is 0 Å². The Bertz CT molecular complexity index is 716. The van der Waals surface area contributed by atoms with E-state index in [1.165, 1.54) is 6.07 Å². The van der Waals surface area contributed by atoms with Crippen LogP contribution in [0, 0.1) is 5.82 Å². The molecule has 0 aliphatic carbocycles. The van der Waals surface area contributed by atoms with E-state index in [1.54, 1.807) is 29.2 Å². The molecule has 3 nitrogen and oxygen atoms in total.